The van der Waals surface area contributed by atoms with Crippen molar-refractivity contribution in [3.8, 4) is 11.3 Å². The molecule has 0 aliphatic rings. The van der Waals surface area contributed by atoms with Gasteiger partial charge in [-0.2, -0.15) is 0 Å². The first-order valence-corrected chi connectivity index (χ1v) is 7.81. The van der Waals surface area contributed by atoms with Crippen molar-refractivity contribution in [3.63, 3.8) is 0 Å². The van der Waals surface area contributed by atoms with E-state index in [2.05, 4.69) is 42.2 Å². The molecule has 0 aliphatic heterocycles. The first kappa shape index (κ1) is 13.7. The maximum atomic E-state index is 11.5. The highest BCUT2D eigenvalue weighted by molar-refractivity contribution is 9.10. The fourth-order valence-electron chi connectivity index (χ4n) is 1.32. The quantitative estimate of drug-likeness (QED) is 0.795. The minimum atomic E-state index is -0.226. The van der Waals surface area contributed by atoms with Crippen molar-refractivity contribution in [2.75, 3.05) is 5.32 Å². The fourth-order valence-corrected chi connectivity index (χ4v) is 2.55. The molecule has 0 saturated heterocycles. The van der Waals surface area contributed by atoms with Gasteiger partial charge in [0.1, 0.15) is 0 Å². The third-order valence-electron chi connectivity index (χ3n) is 2.22. The highest BCUT2D eigenvalue weighted by atomic mass is 79.9. The van der Waals surface area contributed by atoms with Crippen LogP contribution < -0.4 is 5.32 Å². The summed E-state index contributed by atoms with van der Waals surface area (Å²) in [4.78, 5) is 15.7. The van der Waals surface area contributed by atoms with Gasteiger partial charge in [0.2, 0.25) is 5.91 Å². The zero-order valence-corrected chi connectivity index (χ0v) is 13.5. The lowest BCUT2D eigenvalue weighted by Crippen LogP contribution is -2.19. The van der Waals surface area contributed by atoms with Crippen LogP contribution in [0.15, 0.2) is 34.1 Å². The van der Waals surface area contributed by atoms with E-state index in [9.17, 15) is 4.79 Å². The number of thiazole rings is 1. The summed E-state index contributed by atoms with van der Waals surface area (Å²) in [6, 6.07) is 7.90. The number of hydrogen-bond donors (Lipinski definition) is 1. The summed E-state index contributed by atoms with van der Waals surface area (Å²) < 4.78 is 1.01. The highest BCUT2D eigenvalue weighted by Gasteiger charge is 2.11. The Labute approximate surface area is 126 Å². The maximum absolute atomic E-state index is 11.5. The molecule has 0 radical (unpaired) electrons. The molecular weight excluding hydrogens is 380 g/mol. The van der Waals surface area contributed by atoms with Crippen LogP contribution in [0.1, 0.15) is 6.92 Å². The van der Waals surface area contributed by atoms with Crippen LogP contribution in [0.4, 0.5) is 5.13 Å². The zero-order valence-electron chi connectivity index (χ0n) is 9.48. The van der Waals surface area contributed by atoms with Crippen molar-refractivity contribution < 1.29 is 4.79 Å². The molecule has 1 unspecified atom stereocenters. The highest BCUT2D eigenvalue weighted by Crippen LogP contribution is 2.27. The SMILES string of the molecule is CC(Br)C(=O)Nc1nc(-c2cccc(Br)c2)cs1. The summed E-state index contributed by atoms with van der Waals surface area (Å²) in [6.45, 7) is 1.78. The van der Waals surface area contributed by atoms with Crippen LogP contribution in [0.2, 0.25) is 0 Å². The van der Waals surface area contributed by atoms with E-state index in [0.717, 1.165) is 15.7 Å². The summed E-state index contributed by atoms with van der Waals surface area (Å²) >= 11 is 8.06. The van der Waals surface area contributed by atoms with Gasteiger partial charge in [0.25, 0.3) is 0 Å². The number of alkyl halides is 1. The van der Waals surface area contributed by atoms with E-state index < -0.39 is 0 Å². The number of halogens is 2. The number of amides is 1. The number of hydrogen-bond acceptors (Lipinski definition) is 3. The van der Waals surface area contributed by atoms with Gasteiger partial charge in [-0.3, -0.25) is 4.79 Å². The minimum Gasteiger partial charge on any atom is -0.301 e. The van der Waals surface area contributed by atoms with E-state index in [1.807, 2.05) is 29.6 Å². The lowest BCUT2D eigenvalue weighted by Gasteiger charge is -2.02. The molecule has 94 valence electrons. The van der Waals surface area contributed by atoms with E-state index in [1.165, 1.54) is 11.3 Å². The zero-order chi connectivity index (χ0) is 13.1. The van der Waals surface area contributed by atoms with Crippen molar-refractivity contribution in [2.24, 2.45) is 0 Å². The third-order valence-corrected chi connectivity index (χ3v) is 3.88. The Morgan fingerprint density at radius 1 is 1.50 bits per heavy atom. The summed E-state index contributed by atoms with van der Waals surface area (Å²) in [6.07, 6.45) is 0. The van der Waals surface area contributed by atoms with Crippen LogP contribution >= 0.6 is 43.2 Å². The first-order valence-electron chi connectivity index (χ1n) is 5.22. The first-order chi connectivity index (χ1) is 8.56. The van der Waals surface area contributed by atoms with Gasteiger partial charge in [0.05, 0.1) is 10.5 Å². The molecule has 3 nitrogen and oxygen atoms in total. The third kappa shape index (κ3) is 3.40. The van der Waals surface area contributed by atoms with E-state index in [1.54, 1.807) is 6.92 Å². The maximum Gasteiger partial charge on any atom is 0.239 e. The second kappa shape index (κ2) is 5.95. The second-order valence-electron chi connectivity index (χ2n) is 3.65. The molecule has 1 N–H and O–H groups in total. The number of carbonyl (C=O) groups excluding carboxylic acids is 1. The molecule has 2 aromatic rings. The van der Waals surface area contributed by atoms with E-state index in [-0.39, 0.29) is 10.7 Å². The molecule has 0 fully saturated rings. The van der Waals surface area contributed by atoms with Crippen molar-refractivity contribution in [3.05, 3.63) is 34.1 Å². The molecule has 0 bridgehead atoms. The van der Waals surface area contributed by atoms with Crippen LogP contribution in [-0.2, 0) is 4.79 Å². The largest absolute Gasteiger partial charge is 0.301 e. The van der Waals surface area contributed by atoms with E-state index >= 15 is 0 Å². The Hall–Kier alpha value is -0.720. The minimum absolute atomic E-state index is 0.0925. The van der Waals surface area contributed by atoms with Crippen LogP contribution in [0.3, 0.4) is 0 Å². The summed E-state index contributed by atoms with van der Waals surface area (Å²) in [5, 5.41) is 5.30. The molecular formula is C12H10Br2N2OS. The molecule has 1 aromatic carbocycles. The normalized spacial score (nSPS) is 12.2. The number of rotatable bonds is 3. The Morgan fingerprint density at radius 2 is 2.28 bits per heavy atom. The summed E-state index contributed by atoms with van der Waals surface area (Å²) in [7, 11) is 0. The fraction of sp³-hybridized carbons (Fsp3) is 0.167. The van der Waals surface area contributed by atoms with Crippen molar-refractivity contribution >= 4 is 54.2 Å². The molecule has 1 aromatic heterocycles. The summed E-state index contributed by atoms with van der Waals surface area (Å²) in [5.74, 6) is -0.0925. The monoisotopic (exact) mass is 388 g/mol. The van der Waals surface area contributed by atoms with Gasteiger partial charge in [0.15, 0.2) is 5.13 Å². The topological polar surface area (TPSA) is 42.0 Å². The number of nitrogens with one attached hydrogen (secondary N) is 1. The van der Waals surface area contributed by atoms with Gasteiger partial charge in [0, 0.05) is 15.4 Å². The number of nitrogens with zero attached hydrogens (tertiary/aromatic N) is 1. The number of carbonyl (C=O) groups is 1. The van der Waals surface area contributed by atoms with E-state index in [4.69, 9.17) is 0 Å². The average Bonchev–Trinajstić information content (AvgIpc) is 2.77. The molecule has 1 heterocycles. The van der Waals surface area contributed by atoms with Crippen LogP contribution in [-0.4, -0.2) is 15.7 Å². The van der Waals surface area contributed by atoms with E-state index in [0.29, 0.717) is 5.13 Å². The van der Waals surface area contributed by atoms with Crippen molar-refractivity contribution in [2.45, 2.75) is 11.8 Å². The molecule has 6 heteroatoms. The van der Waals surface area contributed by atoms with Crippen LogP contribution in [0.25, 0.3) is 11.3 Å². The van der Waals surface area contributed by atoms with Crippen LogP contribution in [0.5, 0.6) is 0 Å². The Bertz CT molecular complexity index is 569. The van der Waals surface area contributed by atoms with Gasteiger partial charge in [-0.25, -0.2) is 4.98 Å². The number of aromatic nitrogens is 1. The second-order valence-corrected chi connectivity index (χ2v) is 6.80. The van der Waals surface area contributed by atoms with Gasteiger partial charge in [-0.05, 0) is 19.1 Å². The molecule has 18 heavy (non-hydrogen) atoms. The number of anilines is 1. The van der Waals surface area contributed by atoms with Gasteiger partial charge in [-0.15, -0.1) is 11.3 Å². The smallest absolute Gasteiger partial charge is 0.239 e. The van der Waals surface area contributed by atoms with Crippen molar-refractivity contribution in [1.82, 2.24) is 4.98 Å². The predicted octanol–water partition coefficient (Wildman–Crippen LogP) is 4.29. The molecule has 0 saturated carbocycles. The van der Waals surface area contributed by atoms with Gasteiger partial charge >= 0.3 is 0 Å². The standard InChI is InChI=1S/C12H10Br2N2OS/c1-7(13)11(17)16-12-15-10(6-18-12)8-3-2-4-9(14)5-8/h2-7H,1H3,(H,15,16,17). The average molecular weight is 390 g/mol. The Balaban J connectivity index is 2.18. The molecule has 0 aliphatic carbocycles. The summed E-state index contributed by atoms with van der Waals surface area (Å²) in [5.41, 5.74) is 1.88. The Morgan fingerprint density at radius 3 is 2.94 bits per heavy atom. The van der Waals surface area contributed by atoms with Crippen LogP contribution in [0, 0.1) is 0 Å². The molecule has 1 atom stereocenters. The molecule has 1 amide bonds. The molecule has 2 rings (SSSR count). The lowest BCUT2D eigenvalue weighted by atomic mass is 10.2. The van der Waals surface area contributed by atoms with Gasteiger partial charge < -0.3 is 5.32 Å². The lowest BCUT2D eigenvalue weighted by molar-refractivity contribution is -0.115. The molecule has 0 spiro atoms. The van der Waals surface area contributed by atoms with Gasteiger partial charge in [-0.1, -0.05) is 44.0 Å². The Kier molecular flexibility index (Phi) is 4.53. The number of benzene rings is 1. The predicted molar refractivity (Wildman–Crippen MR) is 82.3 cm³/mol. The van der Waals surface area contributed by atoms with Crippen molar-refractivity contribution in [1.29, 1.82) is 0 Å².